The first kappa shape index (κ1) is 18.4. The molecule has 144 valence electrons. The number of rotatable bonds is 5. The van der Waals surface area contributed by atoms with E-state index in [0.29, 0.717) is 29.1 Å². The molecule has 0 radical (unpaired) electrons. The van der Waals surface area contributed by atoms with E-state index in [2.05, 4.69) is 10.3 Å². The van der Waals surface area contributed by atoms with Gasteiger partial charge in [-0.15, -0.1) is 0 Å². The summed E-state index contributed by atoms with van der Waals surface area (Å²) in [6, 6.07) is 21.4. The Kier molecular flexibility index (Phi) is 5.07. The molecule has 4 aromatic rings. The van der Waals surface area contributed by atoms with E-state index in [9.17, 15) is 9.59 Å². The molecule has 0 saturated heterocycles. The Morgan fingerprint density at radius 2 is 1.86 bits per heavy atom. The maximum atomic E-state index is 12.9. The van der Waals surface area contributed by atoms with Crippen LogP contribution in [0.15, 0.2) is 83.8 Å². The zero-order valence-corrected chi connectivity index (χ0v) is 15.8. The SMILES string of the molecule is Cn1c(=O)cc(C(=O)Nc2cccc(OCc3ccccn3)c2)c2ccccc21. The minimum atomic E-state index is -0.347. The first-order valence-corrected chi connectivity index (χ1v) is 9.15. The van der Waals surface area contributed by atoms with Gasteiger partial charge in [0, 0.05) is 36.5 Å². The summed E-state index contributed by atoms with van der Waals surface area (Å²) < 4.78 is 7.28. The number of hydrogen-bond donors (Lipinski definition) is 1. The van der Waals surface area contributed by atoms with Crippen LogP contribution in [0.4, 0.5) is 5.69 Å². The summed E-state index contributed by atoms with van der Waals surface area (Å²) in [5.74, 6) is 0.267. The third-order valence-corrected chi connectivity index (χ3v) is 4.60. The normalized spacial score (nSPS) is 10.7. The molecule has 0 atom stereocenters. The molecule has 6 nitrogen and oxygen atoms in total. The molecule has 6 heteroatoms. The zero-order valence-electron chi connectivity index (χ0n) is 15.8. The first-order valence-electron chi connectivity index (χ1n) is 9.15. The lowest BCUT2D eigenvalue weighted by molar-refractivity contribution is 0.102. The average molecular weight is 385 g/mol. The van der Waals surface area contributed by atoms with Gasteiger partial charge in [-0.25, -0.2) is 0 Å². The number of amides is 1. The van der Waals surface area contributed by atoms with Crippen LogP contribution in [-0.4, -0.2) is 15.5 Å². The number of nitrogens with zero attached hydrogens (tertiary/aromatic N) is 2. The van der Waals surface area contributed by atoms with Crippen molar-refractivity contribution >= 4 is 22.5 Å². The largest absolute Gasteiger partial charge is 0.487 e. The van der Waals surface area contributed by atoms with Gasteiger partial charge in [0.15, 0.2) is 0 Å². The summed E-state index contributed by atoms with van der Waals surface area (Å²) in [5.41, 5.74) is 2.20. The number of para-hydroxylation sites is 1. The molecule has 0 saturated carbocycles. The van der Waals surface area contributed by atoms with Crippen LogP contribution in [0.3, 0.4) is 0 Å². The molecule has 0 aliphatic carbocycles. The number of anilines is 1. The standard InChI is InChI=1S/C23H19N3O3/c1-26-21-11-3-2-10-19(21)20(14-22(26)27)23(28)25-16-8-6-9-18(13-16)29-15-17-7-4-5-12-24-17/h2-14H,15H2,1H3,(H,25,28). The second kappa shape index (κ2) is 7.98. The fourth-order valence-corrected chi connectivity index (χ4v) is 3.10. The highest BCUT2D eigenvalue weighted by molar-refractivity contribution is 6.12. The molecule has 2 aromatic carbocycles. The van der Waals surface area contributed by atoms with Gasteiger partial charge in [-0.05, 0) is 30.3 Å². The fourth-order valence-electron chi connectivity index (χ4n) is 3.10. The Morgan fingerprint density at radius 1 is 1.03 bits per heavy atom. The Labute approximate surface area is 167 Å². The van der Waals surface area contributed by atoms with Gasteiger partial charge in [0.25, 0.3) is 11.5 Å². The summed E-state index contributed by atoms with van der Waals surface area (Å²) in [5, 5.41) is 3.57. The molecule has 0 bridgehead atoms. The summed E-state index contributed by atoms with van der Waals surface area (Å²) >= 11 is 0. The van der Waals surface area contributed by atoms with Crippen LogP contribution in [0, 0.1) is 0 Å². The van der Waals surface area contributed by atoms with E-state index in [1.165, 1.54) is 10.6 Å². The highest BCUT2D eigenvalue weighted by Crippen LogP contribution is 2.21. The topological polar surface area (TPSA) is 73.2 Å². The Morgan fingerprint density at radius 3 is 2.69 bits per heavy atom. The van der Waals surface area contributed by atoms with Crippen molar-refractivity contribution in [3.63, 3.8) is 0 Å². The second-order valence-corrected chi connectivity index (χ2v) is 6.56. The lowest BCUT2D eigenvalue weighted by Gasteiger charge is -2.12. The zero-order chi connectivity index (χ0) is 20.2. The smallest absolute Gasteiger partial charge is 0.256 e. The van der Waals surface area contributed by atoms with Gasteiger partial charge in [-0.1, -0.05) is 30.3 Å². The highest BCUT2D eigenvalue weighted by Gasteiger charge is 2.14. The van der Waals surface area contributed by atoms with Gasteiger partial charge in [0.1, 0.15) is 12.4 Å². The summed E-state index contributed by atoms with van der Waals surface area (Å²) in [7, 11) is 1.69. The van der Waals surface area contributed by atoms with Gasteiger partial charge in [-0.2, -0.15) is 0 Å². The molecule has 0 aliphatic heterocycles. The van der Waals surface area contributed by atoms with Gasteiger partial charge in [0.05, 0.1) is 16.8 Å². The minimum absolute atomic E-state index is 0.235. The van der Waals surface area contributed by atoms with Crippen molar-refractivity contribution < 1.29 is 9.53 Å². The number of carbonyl (C=O) groups excluding carboxylic acids is 1. The van der Waals surface area contributed by atoms with E-state index in [4.69, 9.17) is 4.74 Å². The third kappa shape index (κ3) is 4.01. The number of aryl methyl sites for hydroxylation is 1. The van der Waals surface area contributed by atoms with E-state index in [1.54, 1.807) is 31.4 Å². The molecule has 2 heterocycles. The fraction of sp³-hybridized carbons (Fsp3) is 0.0870. The lowest BCUT2D eigenvalue weighted by atomic mass is 10.1. The number of nitrogens with one attached hydrogen (secondary N) is 1. The van der Waals surface area contributed by atoms with Crippen LogP contribution in [0.1, 0.15) is 16.1 Å². The molecule has 1 N–H and O–H groups in total. The number of ether oxygens (including phenoxy) is 1. The summed E-state index contributed by atoms with van der Waals surface area (Å²) in [6.07, 6.45) is 1.71. The average Bonchev–Trinajstić information content (AvgIpc) is 2.76. The predicted octanol–water partition coefficient (Wildman–Crippen LogP) is 3.76. The number of aromatic nitrogens is 2. The number of carbonyl (C=O) groups is 1. The molecule has 0 fully saturated rings. The number of fused-ring (bicyclic) bond motifs is 1. The maximum absolute atomic E-state index is 12.9. The van der Waals surface area contributed by atoms with Crippen molar-refractivity contribution in [2.75, 3.05) is 5.32 Å². The van der Waals surface area contributed by atoms with Gasteiger partial charge in [-0.3, -0.25) is 14.6 Å². The third-order valence-electron chi connectivity index (χ3n) is 4.60. The van der Waals surface area contributed by atoms with Crippen molar-refractivity contribution in [1.29, 1.82) is 0 Å². The monoisotopic (exact) mass is 385 g/mol. The van der Waals surface area contributed by atoms with E-state index in [1.807, 2.05) is 48.5 Å². The Hall–Kier alpha value is -3.93. The summed E-state index contributed by atoms with van der Waals surface area (Å²) in [4.78, 5) is 29.3. The molecule has 0 spiro atoms. The first-order chi connectivity index (χ1) is 14.1. The van der Waals surface area contributed by atoms with E-state index >= 15 is 0 Å². The quantitative estimate of drug-likeness (QED) is 0.568. The molecule has 29 heavy (non-hydrogen) atoms. The Bertz CT molecular complexity index is 1230. The van der Waals surface area contributed by atoms with Crippen molar-refractivity contribution in [2.24, 2.45) is 7.05 Å². The van der Waals surface area contributed by atoms with Crippen LogP contribution < -0.4 is 15.6 Å². The van der Waals surface area contributed by atoms with Crippen molar-refractivity contribution in [3.05, 3.63) is 101 Å². The molecule has 1 amide bonds. The van der Waals surface area contributed by atoms with Crippen LogP contribution in [0.25, 0.3) is 10.9 Å². The van der Waals surface area contributed by atoms with E-state index in [0.717, 1.165) is 11.1 Å². The molecular weight excluding hydrogens is 366 g/mol. The number of benzene rings is 2. The maximum Gasteiger partial charge on any atom is 0.256 e. The van der Waals surface area contributed by atoms with Crippen molar-refractivity contribution in [3.8, 4) is 5.75 Å². The molecule has 2 aromatic heterocycles. The Balaban J connectivity index is 1.56. The van der Waals surface area contributed by atoms with Crippen LogP contribution in [0.5, 0.6) is 5.75 Å². The van der Waals surface area contributed by atoms with E-state index < -0.39 is 0 Å². The predicted molar refractivity (Wildman–Crippen MR) is 112 cm³/mol. The molecule has 0 aliphatic rings. The van der Waals surface area contributed by atoms with Gasteiger partial charge in [0.2, 0.25) is 0 Å². The molecule has 4 rings (SSSR count). The minimum Gasteiger partial charge on any atom is -0.487 e. The van der Waals surface area contributed by atoms with Crippen LogP contribution in [-0.2, 0) is 13.7 Å². The van der Waals surface area contributed by atoms with E-state index in [-0.39, 0.29) is 11.5 Å². The molecule has 0 unspecified atom stereocenters. The van der Waals surface area contributed by atoms with Crippen molar-refractivity contribution in [2.45, 2.75) is 6.61 Å². The highest BCUT2D eigenvalue weighted by atomic mass is 16.5. The van der Waals surface area contributed by atoms with Crippen LogP contribution >= 0.6 is 0 Å². The van der Waals surface area contributed by atoms with Crippen molar-refractivity contribution in [1.82, 2.24) is 9.55 Å². The summed E-state index contributed by atoms with van der Waals surface area (Å²) in [6.45, 7) is 0.331. The molecular formula is C23H19N3O3. The van der Waals surface area contributed by atoms with Crippen LogP contribution in [0.2, 0.25) is 0 Å². The number of pyridine rings is 2. The van der Waals surface area contributed by atoms with Gasteiger partial charge >= 0.3 is 0 Å². The number of hydrogen-bond acceptors (Lipinski definition) is 4. The second-order valence-electron chi connectivity index (χ2n) is 6.56. The lowest BCUT2D eigenvalue weighted by Crippen LogP contribution is -2.21. The van der Waals surface area contributed by atoms with Gasteiger partial charge < -0.3 is 14.6 Å².